The fourth-order valence-corrected chi connectivity index (χ4v) is 6.16. The van der Waals surface area contributed by atoms with Crippen molar-refractivity contribution in [3.8, 4) is 23.0 Å². The molecule has 0 aromatic heterocycles. The van der Waals surface area contributed by atoms with Crippen molar-refractivity contribution >= 4 is 19.9 Å². The fraction of sp³-hybridized carbons (Fsp3) is 0.242. The molecule has 4 rings (SSSR count). The summed E-state index contributed by atoms with van der Waals surface area (Å²) in [6.07, 6.45) is 1.46. The Morgan fingerprint density at radius 1 is 0.600 bits per heavy atom. The topological polar surface area (TPSA) is 118 Å². The van der Waals surface area contributed by atoms with Gasteiger partial charge in [0.15, 0.2) is 0 Å². The number of phenolic OH excluding ortho intramolecular Hbond substituents is 4. The number of hydrogen-bond acceptors (Lipinski definition) is 5. The quantitative estimate of drug-likeness (QED) is 0.153. The number of aliphatic carboxylic acids is 1. The average Bonchev–Trinajstić information content (AvgIpc) is 2.88. The zero-order chi connectivity index (χ0) is 29.0. The molecule has 6 nitrogen and oxygen atoms in total. The highest BCUT2D eigenvalue weighted by Crippen LogP contribution is 2.35. The molecule has 208 valence electrons. The molecule has 0 radical (unpaired) electrons. The molecule has 0 aliphatic heterocycles. The first-order valence-corrected chi connectivity index (χ1v) is 14.4. The van der Waals surface area contributed by atoms with Crippen LogP contribution in [0.1, 0.15) is 56.5 Å². The van der Waals surface area contributed by atoms with Crippen LogP contribution in [0, 0.1) is 20.8 Å². The molecule has 0 saturated carbocycles. The van der Waals surface area contributed by atoms with Crippen molar-refractivity contribution in [3.63, 3.8) is 0 Å². The summed E-state index contributed by atoms with van der Waals surface area (Å²) in [5.41, 5.74) is 6.93. The third-order valence-electron chi connectivity index (χ3n) is 6.96. The van der Waals surface area contributed by atoms with E-state index < -0.39 is 5.97 Å². The second kappa shape index (κ2) is 12.4. The van der Waals surface area contributed by atoms with Gasteiger partial charge in [-0.05, 0) is 89.9 Å². The number of aromatic hydroxyl groups is 4. The molecule has 0 aliphatic rings. The Labute approximate surface area is 236 Å². The molecule has 0 aliphatic carbocycles. The van der Waals surface area contributed by atoms with E-state index in [0.717, 1.165) is 27.6 Å². The van der Waals surface area contributed by atoms with E-state index >= 15 is 0 Å². The van der Waals surface area contributed by atoms with Gasteiger partial charge in [-0.2, -0.15) is 0 Å². The molecular formula is C33H35O6P. The maximum Gasteiger partial charge on any atom is 0.303 e. The molecule has 0 amide bonds. The van der Waals surface area contributed by atoms with Gasteiger partial charge in [-0.15, -0.1) is 0 Å². The molecule has 5 N–H and O–H groups in total. The van der Waals surface area contributed by atoms with Crippen LogP contribution in [0.25, 0.3) is 0 Å². The van der Waals surface area contributed by atoms with Crippen molar-refractivity contribution < 1.29 is 30.3 Å². The lowest BCUT2D eigenvalue weighted by Gasteiger charge is -2.17. The molecule has 0 spiro atoms. The lowest BCUT2D eigenvalue weighted by Crippen LogP contribution is -2.06. The third kappa shape index (κ3) is 7.13. The Kier molecular flexibility index (Phi) is 9.01. The monoisotopic (exact) mass is 558 g/mol. The summed E-state index contributed by atoms with van der Waals surface area (Å²) in [5, 5.41) is 53.4. The normalized spacial score (nSPS) is 11.4. The van der Waals surface area contributed by atoms with Crippen molar-refractivity contribution in [3.05, 3.63) is 111 Å². The molecule has 1 atom stereocenters. The summed E-state index contributed by atoms with van der Waals surface area (Å²) < 4.78 is 0. The molecule has 0 heterocycles. The van der Waals surface area contributed by atoms with Crippen LogP contribution in [-0.2, 0) is 24.1 Å². The maximum atomic E-state index is 11.4. The van der Waals surface area contributed by atoms with Crippen molar-refractivity contribution in [1.29, 1.82) is 0 Å². The Morgan fingerprint density at radius 3 is 1.45 bits per heavy atom. The summed E-state index contributed by atoms with van der Waals surface area (Å²) in [6.45, 7) is 5.83. The van der Waals surface area contributed by atoms with Gasteiger partial charge < -0.3 is 25.5 Å². The Hall–Kier alpha value is -4.02. The Balaban J connectivity index is 1.72. The highest BCUT2D eigenvalue weighted by atomic mass is 31.1. The highest BCUT2D eigenvalue weighted by molar-refractivity contribution is 7.47. The maximum absolute atomic E-state index is 11.4. The van der Waals surface area contributed by atoms with E-state index in [9.17, 15) is 25.2 Å². The number of phenols is 4. The van der Waals surface area contributed by atoms with E-state index in [-0.39, 0.29) is 44.4 Å². The van der Waals surface area contributed by atoms with Gasteiger partial charge in [0.05, 0.1) is 0 Å². The average molecular weight is 559 g/mol. The van der Waals surface area contributed by atoms with Crippen LogP contribution in [0.15, 0.2) is 60.7 Å². The number of carboxylic acid groups (broad SMARTS) is 1. The molecule has 0 fully saturated rings. The lowest BCUT2D eigenvalue weighted by atomic mass is 9.93. The highest BCUT2D eigenvalue weighted by Gasteiger charge is 2.17. The van der Waals surface area contributed by atoms with E-state index in [1.807, 2.05) is 69.3 Å². The summed E-state index contributed by atoms with van der Waals surface area (Å²) in [4.78, 5) is 11.1. The first kappa shape index (κ1) is 29.0. The second-order valence-corrected chi connectivity index (χ2v) is 11.9. The third-order valence-corrected chi connectivity index (χ3v) is 8.16. The van der Waals surface area contributed by atoms with Crippen molar-refractivity contribution in [1.82, 2.24) is 0 Å². The summed E-state index contributed by atoms with van der Waals surface area (Å²) in [6, 6.07) is 18.3. The van der Waals surface area contributed by atoms with Crippen molar-refractivity contribution in [2.75, 3.05) is 6.16 Å². The van der Waals surface area contributed by atoms with Gasteiger partial charge in [-0.25, -0.2) is 0 Å². The van der Waals surface area contributed by atoms with Gasteiger partial charge in [0.2, 0.25) is 0 Å². The van der Waals surface area contributed by atoms with E-state index in [1.54, 1.807) is 12.1 Å². The van der Waals surface area contributed by atoms with Gasteiger partial charge in [-0.3, -0.25) is 4.79 Å². The lowest BCUT2D eigenvalue weighted by molar-refractivity contribution is -0.136. The molecular weight excluding hydrogens is 523 g/mol. The van der Waals surface area contributed by atoms with Crippen LogP contribution >= 0.6 is 8.58 Å². The smallest absolute Gasteiger partial charge is 0.303 e. The molecule has 40 heavy (non-hydrogen) atoms. The van der Waals surface area contributed by atoms with Crippen LogP contribution in [-0.4, -0.2) is 37.7 Å². The van der Waals surface area contributed by atoms with Crippen LogP contribution in [0.4, 0.5) is 0 Å². The van der Waals surface area contributed by atoms with Crippen LogP contribution in [0.5, 0.6) is 23.0 Å². The van der Waals surface area contributed by atoms with Gasteiger partial charge >= 0.3 is 5.97 Å². The number of hydrogen-bond donors (Lipinski definition) is 5. The molecule has 4 aromatic rings. The molecule has 0 saturated heterocycles. The minimum absolute atomic E-state index is 0.0521. The Bertz CT molecular complexity index is 1560. The number of carbonyl (C=O) groups is 1. The zero-order valence-electron chi connectivity index (χ0n) is 23.0. The number of benzene rings is 4. The molecule has 4 aromatic carbocycles. The van der Waals surface area contributed by atoms with Crippen LogP contribution in [0.3, 0.4) is 0 Å². The largest absolute Gasteiger partial charge is 0.508 e. The minimum atomic E-state index is -0.853. The predicted molar refractivity (Wildman–Crippen MR) is 160 cm³/mol. The molecule has 0 bridgehead atoms. The van der Waals surface area contributed by atoms with E-state index in [1.165, 1.54) is 0 Å². The summed E-state index contributed by atoms with van der Waals surface area (Å²) >= 11 is 0. The number of aryl methyl sites for hydroxylation is 3. The summed E-state index contributed by atoms with van der Waals surface area (Å²) in [5.74, 6) is -0.335. The zero-order valence-corrected chi connectivity index (χ0v) is 24.0. The van der Waals surface area contributed by atoms with Gasteiger partial charge in [0.25, 0.3) is 0 Å². The van der Waals surface area contributed by atoms with Gasteiger partial charge in [0.1, 0.15) is 23.0 Å². The second-order valence-electron chi connectivity index (χ2n) is 10.4. The first-order valence-electron chi connectivity index (χ1n) is 13.2. The minimum Gasteiger partial charge on any atom is -0.508 e. The van der Waals surface area contributed by atoms with E-state index in [4.69, 9.17) is 5.11 Å². The van der Waals surface area contributed by atoms with Crippen molar-refractivity contribution in [2.24, 2.45) is 0 Å². The predicted octanol–water partition coefficient (Wildman–Crippen LogP) is 5.99. The number of rotatable bonds is 10. The standard InChI is InChI=1S/C33H35O6P/c1-19-4-6-29(34)22(10-19)14-24-12-21(3)13-25(32(24)38)16-27-18-28(40-9-8-31(36)37)17-26(33(27)39)15-23-11-20(2)5-7-30(23)35/h4-7,10-13,17-18,34-35,38-40H,8-9,14-16H2,1-3H3,(H,36,37). The number of carboxylic acids is 1. The van der Waals surface area contributed by atoms with E-state index in [0.29, 0.717) is 46.8 Å². The molecule has 7 heteroatoms. The van der Waals surface area contributed by atoms with Gasteiger partial charge in [0, 0.05) is 25.7 Å². The van der Waals surface area contributed by atoms with Crippen LogP contribution < -0.4 is 5.30 Å². The van der Waals surface area contributed by atoms with E-state index in [2.05, 4.69) is 0 Å². The van der Waals surface area contributed by atoms with Crippen molar-refractivity contribution in [2.45, 2.75) is 46.5 Å². The van der Waals surface area contributed by atoms with Gasteiger partial charge in [-0.1, -0.05) is 61.7 Å². The summed E-state index contributed by atoms with van der Waals surface area (Å²) in [7, 11) is 0.229. The van der Waals surface area contributed by atoms with Crippen LogP contribution in [0.2, 0.25) is 0 Å². The Morgan fingerprint density at radius 2 is 1.00 bits per heavy atom. The SMILES string of the molecule is Cc1ccc(O)c(Cc2cc(C)cc(Cc3cc(PCCC(=O)O)cc(Cc4cc(C)ccc4O)c3O)c2O)c1. The molecule has 1 unspecified atom stereocenters. The fourth-order valence-electron chi connectivity index (χ4n) is 4.98. The first-order chi connectivity index (χ1) is 19.0.